The molecular weight excluding hydrogens is 376 g/mol. The van der Waals surface area contributed by atoms with Gasteiger partial charge >= 0.3 is 0 Å². The van der Waals surface area contributed by atoms with Gasteiger partial charge in [-0.1, -0.05) is 11.8 Å². The van der Waals surface area contributed by atoms with Gasteiger partial charge in [0.15, 0.2) is 0 Å². The molecule has 1 N–H and O–H groups in total. The molecule has 0 fully saturated rings. The summed E-state index contributed by atoms with van der Waals surface area (Å²) in [5.41, 5.74) is 0.922. The Morgan fingerprint density at radius 2 is 1.96 bits per heavy atom. The largest absolute Gasteiger partial charge is 0.323 e. The van der Waals surface area contributed by atoms with Gasteiger partial charge in [0.05, 0.1) is 10.9 Å². The van der Waals surface area contributed by atoms with E-state index in [0.29, 0.717) is 5.82 Å². The van der Waals surface area contributed by atoms with Crippen molar-refractivity contribution in [2.24, 2.45) is 0 Å². The second-order valence-electron chi connectivity index (χ2n) is 5.91. The molecule has 0 aliphatic carbocycles. The van der Waals surface area contributed by atoms with Crippen molar-refractivity contribution in [2.45, 2.75) is 38.0 Å². The monoisotopic (exact) mass is 393 g/mol. The molecule has 0 spiro atoms. The zero-order chi connectivity index (χ0) is 19.0. The lowest BCUT2D eigenvalue weighted by Gasteiger charge is -2.13. The average Bonchev–Trinajstić information content (AvgIpc) is 2.85. The number of aromatic nitrogens is 2. The number of halogens is 2. The number of hydrogen-bond donors (Lipinski definition) is 1. The minimum absolute atomic E-state index is 0.172. The topological polar surface area (TPSA) is 54.9 Å². The number of thioether (sulfide) groups is 1. The van der Waals surface area contributed by atoms with E-state index in [4.69, 9.17) is 0 Å². The highest BCUT2D eigenvalue weighted by molar-refractivity contribution is 8.00. The maximum absolute atomic E-state index is 13.7. The Morgan fingerprint density at radius 1 is 1.23 bits per heavy atom. The quantitative estimate of drug-likeness (QED) is 0.500. The summed E-state index contributed by atoms with van der Waals surface area (Å²) in [6, 6.07) is 2.95. The molecule has 0 bridgehead atoms. The summed E-state index contributed by atoms with van der Waals surface area (Å²) >= 11 is 2.87. The van der Waals surface area contributed by atoms with Crippen LogP contribution < -0.4 is 5.32 Å². The van der Waals surface area contributed by atoms with Crippen molar-refractivity contribution in [1.82, 2.24) is 9.97 Å². The molecule has 0 unspecified atom stereocenters. The third kappa shape index (κ3) is 3.71. The fourth-order valence-corrected chi connectivity index (χ4v) is 4.64. The molecular formula is C18H17F2N3OS2. The van der Waals surface area contributed by atoms with E-state index in [9.17, 15) is 13.6 Å². The normalized spacial score (nSPS) is 12.4. The number of nitrogens with zero attached hydrogens (tertiary/aromatic N) is 2. The smallest absolute Gasteiger partial charge is 0.237 e. The van der Waals surface area contributed by atoms with Crippen LogP contribution in [0.5, 0.6) is 0 Å². The molecule has 2 aromatic heterocycles. The lowest BCUT2D eigenvalue weighted by Crippen LogP contribution is -2.23. The molecule has 1 atom stereocenters. The van der Waals surface area contributed by atoms with Crippen molar-refractivity contribution in [2.75, 3.05) is 5.32 Å². The third-order valence-corrected chi connectivity index (χ3v) is 6.14. The first-order valence-corrected chi connectivity index (χ1v) is 9.62. The van der Waals surface area contributed by atoms with Crippen molar-refractivity contribution in [3.05, 3.63) is 46.1 Å². The van der Waals surface area contributed by atoms with Gasteiger partial charge in [-0.25, -0.2) is 18.7 Å². The van der Waals surface area contributed by atoms with Gasteiger partial charge < -0.3 is 5.32 Å². The number of hydrogen-bond acceptors (Lipinski definition) is 5. The van der Waals surface area contributed by atoms with Gasteiger partial charge in [-0.2, -0.15) is 0 Å². The predicted molar refractivity (Wildman–Crippen MR) is 102 cm³/mol. The van der Waals surface area contributed by atoms with Crippen LogP contribution in [0.1, 0.15) is 23.2 Å². The SMILES string of the molecule is Cc1nc(S[C@@H](C)C(=O)Nc2cc(F)ccc2F)c2c(C)c(C)sc2n1. The number of amides is 1. The predicted octanol–water partition coefficient (Wildman–Crippen LogP) is 5.01. The van der Waals surface area contributed by atoms with E-state index in [1.165, 1.54) is 11.8 Å². The first-order chi connectivity index (χ1) is 12.3. The van der Waals surface area contributed by atoms with Gasteiger partial charge in [0.1, 0.15) is 27.3 Å². The van der Waals surface area contributed by atoms with Crippen LogP contribution in [0.3, 0.4) is 0 Å². The van der Waals surface area contributed by atoms with Crippen molar-refractivity contribution in [3.8, 4) is 0 Å². The molecule has 0 saturated heterocycles. The molecule has 0 aliphatic rings. The standard InChI is InChI=1S/C18H17F2N3OS2/c1-8-9(2)25-17-15(8)18(22-11(4)21-17)26-10(3)16(24)23-14-7-12(19)5-6-13(14)20/h5-7,10H,1-4H3,(H,23,24)/t10-/m0/s1. The van der Waals surface area contributed by atoms with Crippen molar-refractivity contribution < 1.29 is 13.6 Å². The van der Waals surface area contributed by atoms with E-state index in [1.54, 1.807) is 25.2 Å². The van der Waals surface area contributed by atoms with E-state index in [-0.39, 0.29) is 5.69 Å². The highest BCUT2D eigenvalue weighted by atomic mass is 32.2. The Balaban J connectivity index is 1.85. The Morgan fingerprint density at radius 3 is 2.69 bits per heavy atom. The van der Waals surface area contributed by atoms with Gasteiger partial charge in [0.2, 0.25) is 5.91 Å². The molecule has 2 heterocycles. The fourth-order valence-electron chi connectivity index (χ4n) is 2.45. The number of fused-ring (bicyclic) bond motifs is 1. The van der Waals surface area contributed by atoms with Gasteiger partial charge in [-0.3, -0.25) is 4.79 Å². The van der Waals surface area contributed by atoms with E-state index >= 15 is 0 Å². The molecule has 26 heavy (non-hydrogen) atoms. The van der Waals surface area contributed by atoms with E-state index in [1.807, 2.05) is 13.8 Å². The van der Waals surface area contributed by atoms with Crippen LogP contribution in [0.4, 0.5) is 14.5 Å². The van der Waals surface area contributed by atoms with Crippen LogP contribution in [0.25, 0.3) is 10.2 Å². The minimum Gasteiger partial charge on any atom is -0.323 e. The Kier molecular flexibility index (Phi) is 5.24. The molecule has 136 valence electrons. The number of rotatable bonds is 4. The molecule has 8 heteroatoms. The van der Waals surface area contributed by atoms with Crippen LogP contribution in [0.2, 0.25) is 0 Å². The number of thiophene rings is 1. The zero-order valence-corrected chi connectivity index (χ0v) is 16.3. The summed E-state index contributed by atoms with van der Waals surface area (Å²) in [7, 11) is 0. The van der Waals surface area contributed by atoms with Gasteiger partial charge in [0, 0.05) is 16.3 Å². The molecule has 1 amide bonds. The maximum atomic E-state index is 13.7. The zero-order valence-electron chi connectivity index (χ0n) is 14.7. The van der Waals surface area contributed by atoms with Crippen molar-refractivity contribution in [3.63, 3.8) is 0 Å². The number of carbonyl (C=O) groups excluding carboxylic acids is 1. The summed E-state index contributed by atoms with van der Waals surface area (Å²) < 4.78 is 27.0. The number of aryl methyl sites for hydroxylation is 3. The van der Waals surface area contributed by atoms with Crippen molar-refractivity contribution in [1.29, 1.82) is 0 Å². The number of anilines is 1. The lowest BCUT2D eigenvalue weighted by atomic mass is 10.2. The highest BCUT2D eigenvalue weighted by Gasteiger charge is 2.21. The maximum Gasteiger partial charge on any atom is 0.237 e. The number of nitrogens with one attached hydrogen (secondary N) is 1. The summed E-state index contributed by atoms with van der Waals surface area (Å²) in [6.45, 7) is 7.54. The fraction of sp³-hybridized carbons (Fsp3) is 0.278. The summed E-state index contributed by atoms with van der Waals surface area (Å²) in [5.74, 6) is -1.08. The van der Waals surface area contributed by atoms with E-state index in [0.717, 1.165) is 43.9 Å². The first kappa shape index (κ1) is 18.7. The van der Waals surface area contributed by atoms with Crippen LogP contribution in [-0.4, -0.2) is 21.1 Å². The Bertz CT molecular complexity index is 1000. The number of carbonyl (C=O) groups is 1. The van der Waals surface area contributed by atoms with Crippen molar-refractivity contribution >= 4 is 44.9 Å². The molecule has 3 aromatic rings. The molecule has 0 radical (unpaired) electrons. The molecule has 4 nitrogen and oxygen atoms in total. The van der Waals surface area contributed by atoms with Gasteiger partial charge in [-0.05, 0) is 45.4 Å². The summed E-state index contributed by atoms with van der Waals surface area (Å²) in [4.78, 5) is 23.4. The second kappa shape index (κ2) is 7.28. The molecule has 3 rings (SSSR count). The Labute approximate surface area is 158 Å². The average molecular weight is 393 g/mol. The first-order valence-electron chi connectivity index (χ1n) is 7.93. The summed E-state index contributed by atoms with van der Waals surface area (Å²) in [5, 5.41) is 3.55. The van der Waals surface area contributed by atoms with Crippen LogP contribution in [0.15, 0.2) is 23.2 Å². The van der Waals surface area contributed by atoms with E-state index < -0.39 is 22.8 Å². The molecule has 0 saturated carbocycles. The van der Waals surface area contributed by atoms with E-state index in [2.05, 4.69) is 15.3 Å². The van der Waals surface area contributed by atoms with Gasteiger partial charge in [0.25, 0.3) is 0 Å². The van der Waals surface area contributed by atoms with Gasteiger partial charge in [-0.15, -0.1) is 11.3 Å². The number of benzene rings is 1. The molecule has 0 aliphatic heterocycles. The second-order valence-corrected chi connectivity index (χ2v) is 8.45. The highest BCUT2D eigenvalue weighted by Crippen LogP contribution is 2.36. The minimum atomic E-state index is -0.679. The third-order valence-electron chi connectivity index (χ3n) is 3.95. The Hall–Kier alpha value is -2.06. The van der Waals surface area contributed by atoms with Crippen LogP contribution in [-0.2, 0) is 4.79 Å². The van der Waals surface area contributed by atoms with Crippen LogP contribution >= 0.6 is 23.1 Å². The lowest BCUT2D eigenvalue weighted by molar-refractivity contribution is -0.115. The molecule has 1 aromatic carbocycles. The van der Waals surface area contributed by atoms with Crippen LogP contribution in [0, 0.1) is 32.4 Å². The summed E-state index contributed by atoms with van der Waals surface area (Å²) in [6.07, 6.45) is 0.